The lowest BCUT2D eigenvalue weighted by atomic mass is 10.0. The predicted octanol–water partition coefficient (Wildman–Crippen LogP) is 5.75. The molecule has 1 aliphatic heterocycles. The van der Waals surface area contributed by atoms with Gasteiger partial charge < -0.3 is 24.4 Å². The Morgan fingerprint density at radius 2 is 1.97 bits per heavy atom. The normalized spacial score (nSPS) is 13.2. The van der Waals surface area contributed by atoms with Gasteiger partial charge in [-0.05, 0) is 59.5 Å². The number of halogens is 2. The van der Waals surface area contributed by atoms with Crippen LogP contribution in [0, 0.1) is 0 Å². The van der Waals surface area contributed by atoms with Crippen molar-refractivity contribution in [2.75, 3.05) is 12.1 Å². The van der Waals surface area contributed by atoms with E-state index in [0.717, 1.165) is 6.08 Å². The van der Waals surface area contributed by atoms with Crippen molar-refractivity contribution in [3.05, 3.63) is 57.0 Å². The minimum Gasteiger partial charge on any atom is -0.506 e. The fourth-order valence-electron chi connectivity index (χ4n) is 2.97. The Kier molecular flexibility index (Phi) is 7.80. The maximum atomic E-state index is 12.6. The maximum absolute atomic E-state index is 12.6. The molecular formula is C21H19Br2NO7. The van der Waals surface area contributed by atoms with Crippen molar-refractivity contribution in [3.63, 3.8) is 0 Å². The van der Waals surface area contributed by atoms with E-state index >= 15 is 0 Å². The summed E-state index contributed by atoms with van der Waals surface area (Å²) in [5.41, 5.74) is 0.890. The van der Waals surface area contributed by atoms with Gasteiger partial charge in [0.15, 0.2) is 11.5 Å². The summed E-state index contributed by atoms with van der Waals surface area (Å²) in [5.74, 6) is 0.0536. The summed E-state index contributed by atoms with van der Waals surface area (Å²) < 4.78 is 17.3. The summed E-state index contributed by atoms with van der Waals surface area (Å²) in [5, 5.41) is 21.8. The Balaban J connectivity index is 1.72. The third-order valence-electron chi connectivity index (χ3n) is 4.37. The summed E-state index contributed by atoms with van der Waals surface area (Å²) in [6.07, 6.45) is 2.51. The molecule has 1 heterocycles. The third-order valence-corrected chi connectivity index (χ3v) is 5.43. The van der Waals surface area contributed by atoms with Crippen LogP contribution in [0.4, 0.5) is 10.5 Å². The Hall–Kier alpha value is -2.72. The number of ether oxygens (including phenoxy) is 3. The van der Waals surface area contributed by atoms with Crippen LogP contribution in [-0.2, 0) is 9.53 Å². The lowest BCUT2D eigenvalue weighted by molar-refractivity contribution is -0.131. The van der Waals surface area contributed by atoms with Crippen molar-refractivity contribution >= 4 is 49.6 Å². The fourth-order valence-corrected chi connectivity index (χ4v) is 4.22. The van der Waals surface area contributed by atoms with Gasteiger partial charge in [-0.25, -0.2) is 9.59 Å². The predicted molar refractivity (Wildman–Crippen MR) is 120 cm³/mol. The van der Waals surface area contributed by atoms with Gasteiger partial charge in [0.2, 0.25) is 6.79 Å². The molecule has 10 heteroatoms. The second-order valence-electron chi connectivity index (χ2n) is 6.58. The summed E-state index contributed by atoms with van der Waals surface area (Å²) in [6, 6.07) is 8.32. The van der Waals surface area contributed by atoms with Crippen LogP contribution in [0.2, 0.25) is 0 Å². The smallest absolute Gasteiger partial charge is 0.412 e. The molecule has 0 fully saturated rings. The Morgan fingerprint density at radius 3 is 2.74 bits per heavy atom. The van der Waals surface area contributed by atoms with Gasteiger partial charge >= 0.3 is 12.1 Å². The van der Waals surface area contributed by atoms with Crippen LogP contribution in [0.3, 0.4) is 0 Å². The first-order valence-electron chi connectivity index (χ1n) is 9.28. The van der Waals surface area contributed by atoms with Crippen LogP contribution in [0.5, 0.6) is 17.2 Å². The van der Waals surface area contributed by atoms with Crippen molar-refractivity contribution in [2.45, 2.75) is 25.4 Å². The summed E-state index contributed by atoms with van der Waals surface area (Å²) >= 11 is 6.66. The van der Waals surface area contributed by atoms with E-state index in [0.29, 0.717) is 51.0 Å². The minimum atomic E-state index is -1.02. The molecule has 0 unspecified atom stereocenters. The molecule has 164 valence electrons. The van der Waals surface area contributed by atoms with Gasteiger partial charge in [-0.1, -0.05) is 22.0 Å². The van der Waals surface area contributed by atoms with Crippen LogP contribution in [0.15, 0.2) is 51.4 Å². The van der Waals surface area contributed by atoms with Crippen molar-refractivity contribution in [3.8, 4) is 17.2 Å². The molecule has 0 aromatic heterocycles. The van der Waals surface area contributed by atoms with Crippen LogP contribution < -0.4 is 14.8 Å². The number of hydrogen-bond acceptors (Lipinski definition) is 6. The van der Waals surface area contributed by atoms with Crippen molar-refractivity contribution in [1.29, 1.82) is 0 Å². The molecule has 2 aromatic rings. The van der Waals surface area contributed by atoms with E-state index in [9.17, 15) is 14.7 Å². The molecule has 0 bridgehead atoms. The minimum absolute atomic E-state index is 0.0369. The summed E-state index contributed by atoms with van der Waals surface area (Å²) in [7, 11) is 0. The highest BCUT2D eigenvalue weighted by molar-refractivity contribution is 9.11. The molecule has 1 amide bonds. The lowest BCUT2D eigenvalue weighted by Crippen LogP contribution is -2.18. The average Bonchev–Trinajstić information content (AvgIpc) is 3.17. The standard InChI is InChI=1S/C21H19Br2NO7/c22-12-8-14(20(27)15(23)9-12)16(4-2-1-3-5-19(25)26)31-21(28)24-13-6-7-17-18(10-13)30-11-29-17/h3,5-10,16,27H,1-2,4,11H2,(H,24,28)(H,25,26)/b5-3+/t16-/m0/s1. The first-order valence-corrected chi connectivity index (χ1v) is 10.9. The number of fused-ring (bicyclic) bond motifs is 1. The number of carboxylic acids is 1. The van der Waals surface area contributed by atoms with Gasteiger partial charge in [0.05, 0.1) is 4.47 Å². The van der Waals surface area contributed by atoms with Gasteiger partial charge in [0.1, 0.15) is 11.9 Å². The number of carboxylic acid groups (broad SMARTS) is 1. The molecule has 1 aliphatic rings. The van der Waals surface area contributed by atoms with Crippen LogP contribution >= 0.6 is 31.9 Å². The molecule has 0 aliphatic carbocycles. The number of phenolic OH excluding ortho intramolecular Hbond substituents is 1. The first kappa shape index (κ1) is 23.0. The highest BCUT2D eigenvalue weighted by atomic mass is 79.9. The van der Waals surface area contributed by atoms with E-state index in [4.69, 9.17) is 19.3 Å². The van der Waals surface area contributed by atoms with E-state index in [-0.39, 0.29) is 12.5 Å². The first-order chi connectivity index (χ1) is 14.8. The number of rotatable bonds is 8. The monoisotopic (exact) mass is 555 g/mol. The van der Waals surface area contributed by atoms with E-state index in [1.807, 2.05) is 0 Å². The van der Waals surface area contributed by atoms with Crippen LogP contribution in [0.1, 0.15) is 30.9 Å². The molecule has 2 aromatic carbocycles. The summed E-state index contributed by atoms with van der Waals surface area (Å²) in [6.45, 7) is 0.124. The number of nitrogens with one attached hydrogen (secondary N) is 1. The van der Waals surface area contributed by atoms with Crippen LogP contribution in [0.25, 0.3) is 0 Å². The zero-order valence-corrected chi connectivity index (χ0v) is 19.3. The van der Waals surface area contributed by atoms with Gasteiger partial charge in [0.25, 0.3) is 0 Å². The Labute approximate surface area is 195 Å². The number of anilines is 1. The number of allylic oxidation sites excluding steroid dienone is 1. The van der Waals surface area contributed by atoms with Gasteiger partial charge in [0, 0.05) is 27.9 Å². The van der Waals surface area contributed by atoms with Gasteiger partial charge in [-0.2, -0.15) is 0 Å². The molecule has 1 atom stereocenters. The van der Waals surface area contributed by atoms with Gasteiger partial charge in [-0.3, -0.25) is 5.32 Å². The number of unbranched alkanes of at least 4 members (excludes halogenated alkanes) is 1. The SMILES string of the molecule is O=C(O)/C=C/CCC[C@H](OC(=O)Nc1ccc2c(c1)OCO2)c1cc(Br)cc(Br)c1O. The Morgan fingerprint density at radius 1 is 1.19 bits per heavy atom. The number of carbonyl (C=O) groups excluding carboxylic acids is 1. The van der Waals surface area contributed by atoms with E-state index in [1.54, 1.807) is 30.3 Å². The zero-order valence-electron chi connectivity index (χ0n) is 16.1. The molecule has 3 N–H and O–H groups in total. The maximum Gasteiger partial charge on any atom is 0.412 e. The molecule has 0 saturated heterocycles. The lowest BCUT2D eigenvalue weighted by Gasteiger charge is -2.20. The number of amides is 1. The third kappa shape index (κ3) is 6.38. The van der Waals surface area contributed by atoms with Crippen molar-refractivity contribution in [1.82, 2.24) is 0 Å². The average molecular weight is 557 g/mol. The number of phenols is 1. The van der Waals surface area contributed by atoms with Crippen molar-refractivity contribution < 1.29 is 34.0 Å². The second kappa shape index (κ2) is 10.5. The number of hydrogen-bond donors (Lipinski definition) is 3. The Bertz CT molecular complexity index is 1010. The van der Waals surface area contributed by atoms with E-state index < -0.39 is 18.2 Å². The quantitative estimate of drug-likeness (QED) is 0.280. The highest BCUT2D eigenvalue weighted by Gasteiger charge is 2.23. The van der Waals surface area contributed by atoms with E-state index in [2.05, 4.69) is 37.2 Å². The number of benzene rings is 2. The topological polar surface area (TPSA) is 114 Å². The second-order valence-corrected chi connectivity index (χ2v) is 8.35. The molecule has 8 nitrogen and oxygen atoms in total. The van der Waals surface area contributed by atoms with Crippen LogP contribution in [-0.4, -0.2) is 29.1 Å². The number of aromatic hydroxyl groups is 1. The molecule has 0 saturated carbocycles. The fraction of sp³-hybridized carbons (Fsp3) is 0.238. The highest BCUT2D eigenvalue weighted by Crippen LogP contribution is 2.39. The van der Waals surface area contributed by atoms with E-state index in [1.165, 1.54) is 6.08 Å². The number of carbonyl (C=O) groups is 2. The molecule has 0 spiro atoms. The molecule has 3 rings (SSSR count). The number of aliphatic carboxylic acids is 1. The molecular weight excluding hydrogens is 538 g/mol. The molecule has 31 heavy (non-hydrogen) atoms. The largest absolute Gasteiger partial charge is 0.506 e. The summed E-state index contributed by atoms with van der Waals surface area (Å²) in [4.78, 5) is 23.2. The van der Waals surface area contributed by atoms with Crippen molar-refractivity contribution in [2.24, 2.45) is 0 Å². The van der Waals surface area contributed by atoms with Gasteiger partial charge in [-0.15, -0.1) is 0 Å². The molecule has 0 radical (unpaired) electrons. The zero-order chi connectivity index (χ0) is 22.4.